The number of carboxylic acid groups (broad SMARTS) is 1. The van der Waals surface area contributed by atoms with Gasteiger partial charge in [0.15, 0.2) is 5.65 Å². The van der Waals surface area contributed by atoms with Gasteiger partial charge in [0.1, 0.15) is 5.56 Å². The molecule has 6 nitrogen and oxygen atoms in total. The van der Waals surface area contributed by atoms with E-state index in [-0.39, 0.29) is 16.8 Å². The van der Waals surface area contributed by atoms with Gasteiger partial charge in [-0.25, -0.2) is 14.3 Å². The van der Waals surface area contributed by atoms with Crippen LogP contribution < -0.4 is 5.56 Å². The Hall–Kier alpha value is -2.89. The summed E-state index contributed by atoms with van der Waals surface area (Å²) < 4.78 is 1.14. The summed E-state index contributed by atoms with van der Waals surface area (Å²) in [4.78, 5) is 27.7. The summed E-state index contributed by atoms with van der Waals surface area (Å²) in [5.41, 5.74) is 1.53. The van der Waals surface area contributed by atoms with Crippen LogP contribution in [0.2, 0.25) is 0 Å². The topological polar surface area (TPSA) is 87.5 Å². The highest BCUT2D eigenvalue weighted by atomic mass is 16.4. The molecule has 0 saturated heterocycles. The molecule has 20 heavy (non-hydrogen) atoms. The van der Waals surface area contributed by atoms with Gasteiger partial charge in [0.2, 0.25) is 0 Å². The fraction of sp³-hybridized carbons (Fsp3) is 0.0714. The minimum Gasteiger partial charge on any atom is -0.477 e. The van der Waals surface area contributed by atoms with Gasteiger partial charge in [0.25, 0.3) is 5.56 Å². The zero-order valence-electron chi connectivity index (χ0n) is 10.6. The molecule has 0 aliphatic rings. The maximum absolute atomic E-state index is 12.3. The van der Waals surface area contributed by atoms with Gasteiger partial charge in [-0.15, -0.1) is 0 Å². The number of carboxylic acids is 1. The zero-order valence-corrected chi connectivity index (χ0v) is 10.6. The number of hydrogen-bond acceptors (Lipinski definition) is 3. The molecule has 2 N–H and O–H groups in total. The van der Waals surface area contributed by atoms with Gasteiger partial charge >= 0.3 is 5.97 Å². The van der Waals surface area contributed by atoms with E-state index in [1.807, 2.05) is 30.3 Å². The van der Waals surface area contributed by atoms with Gasteiger partial charge in [-0.3, -0.25) is 9.89 Å². The van der Waals surface area contributed by atoms with E-state index in [1.54, 1.807) is 6.92 Å². The van der Waals surface area contributed by atoms with Crippen molar-refractivity contribution in [1.82, 2.24) is 14.6 Å². The van der Waals surface area contributed by atoms with E-state index in [0.717, 1.165) is 10.1 Å². The lowest BCUT2D eigenvalue weighted by Gasteiger charge is -2.05. The predicted octanol–water partition coefficient (Wildman–Crippen LogP) is 1.70. The third kappa shape index (κ3) is 1.70. The van der Waals surface area contributed by atoms with Gasteiger partial charge in [-0.1, -0.05) is 30.3 Å². The van der Waals surface area contributed by atoms with Crippen molar-refractivity contribution in [2.75, 3.05) is 0 Å². The number of rotatable bonds is 2. The van der Waals surface area contributed by atoms with Crippen LogP contribution in [-0.2, 0) is 0 Å². The number of hydrogen-bond donors (Lipinski definition) is 2. The molecule has 0 spiro atoms. The number of nitrogens with one attached hydrogen (secondary N) is 1. The van der Waals surface area contributed by atoms with Gasteiger partial charge in [-0.05, 0) is 6.92 Å². The first-order chi connectivity index (χ1) is 9.59. The smallest absolute Gasteiger partial charge is 0.341 e. The lowest BCUT2D eigenvalue weighted by molar-refractivity contribution is 0.0699. The summed E-state index contributed by atoms with van der Waals surface area (Å²) in [5.74, 6) is -1.13. The molecular weight excluding hydrogens is 258 g/mol. The van der Waals surface area contributed by atoms with Crippen LogP contribution in [0.15, 0.2) is 41.3 Å². The monoisotopic (exact) mass is 269 g/mol. The van der Waals surface area contributed by atoms with Crippen molar-refractivity contribution in [3.8, 4) is 11.3 Å². The van der Waals surface area contributed by atoms with Crippen LogP contribution in [0.1, 0.15) is 15.9 Å². The van der Waals surface area contributed by atoms with Crippen LogP contribution in [-0.4, -0.2) is 25.7 Å². The maximum atomic E-state index is 12.3. The van der Waals surface area contributed by atoms with Gasteiger partial charge in [0.05, 0.1) is 5.69 Å². The first-order valence-corrected chi connectivity index (χ1v) is 5.99. The molecule has 2 heterocycles. The van der Waals surface area contributed by atoms with Crippen molar-refractivity contribution in [3.05, 3.63) is 58.0 Å². The Bertz CT molecular complexity index is 862. The molecule has 0 bridgehead atoms. The van der Waals surface area contributed by atoms with Crippen molar-refractivity contribution < 1.29 is 9.90 Å². The number of carbonyl (C=O) groups is 1. The Morgan fingerprint density at radius 2 is 2.00 bits per heavy atom. The SMILES string of the molecule is Cc1c(-c2ccccc2)nc2c(C(=O)O)c[nH]n2c1=O. The average Bonchev–Trinajstić information content (AvgIpc) is 2.88. The van der Waals surface area contributed by atoms with E-state index < -0.39 is 5.97 Å². The fourth-order valence-electron chi connectivity index (χ4n) is 2.13. The van der Waals surface area contributed by atoms with Crippen LogP contribution in [0.4, 0.5) is 0 Å². The van der Waals surface area contributed by atoms with E-state index in [9.17, 15) is 9.59 Å². The largest absolute Gasteiger partial charge is 0.477 e. The first kappa shape index (κ1) is 12.2. The van der Waals surface area contributed by atoms with Crippen molar-refractivity contribution >= 4 is 11.6 Å². The molecule has 0 aliphatic carbocycles. The normalized spacial score (nSPS) is 10.8. The summed E-state index contributed by atoms with van der Waals surface area (Å²) in [6.07, 6.45) is 1.26. The summed E-state index contributed by atoms with van der Waals surface area (Å²) in [7, 11) is 0. The van der Waals surface area contributed by atoms with E-state index in [2.05, 4.69) is 10.1 Å². The molecule has 0 fully saturated rings. The highest BCUT2D eigenvalue weighted by Crippen LogP contribution is 2.20. The highest BCUT2D eigenvalue weighted by molar-refractivity contribution is 5.94. The molecule has 2 aromatic heterocycles. The molecule has 3 rings (SSSR count). The third-order valence-corrected chi connectivity index (χ3v) is 3.17. The molecule has 0 atom stereocenters. The second-order valence-corrected chi connectivity index (χ2v) is 4.41. The molecule has 0 radical (unpaired) electrons. The summed E-state index contributed by atoms with van der Waals surface area (Å²) in [5, 5.41) is 11.7. The lowest BCUT2D eigenvalue weighted by Crippen LogP contribution is -2.19. The Morgan fingerprint density at radius 1 is 1.30 bits per heavy atom. The Kier molecular flexibility index (Phi) is 2.64. The average molecular weight is 269 g/mol. The van der Waals surface area contributed by atoms with Crippen LogP contribution in [0.25, 0.3) is 16.9 Å². The molecule has 3 aromatic rings. The quantitative estimate of drug-likeness (QED) is 0.741. The molecule has 0 aliphatic heterocycles. The molecule has 100 valence electrons. The minimum absolute atomic E-state index is 0.0284. The van der Waals surface area contributed by atoms with Crippen molar-refractivity contribution in [3.63, 3.8) is 0 Å². The van der Waals surface area contributed by atoms with E-state index in [1.165, 1.54) is 6.20 Å². The van der Waals surface area contributed by atoms with Gasteiger partial charge < -0.3 is 5.11 Å². The van der Waals surface area contributed by atoms with Crippen molar-refractivity contribution in [1.29, 1.82) is 0 Å². The molecule has 6 heteroatoms. The number of fused-ring (bicyclic) bond motifs is 1. The third-order valence-electron chi connectivity index (χ3n) is 3.17. The maximum Gasteiger partial charge on any atom is 0.341 e. The van der Waals surface area contributed by atoms with Crippen molar-refractivity contribution in [2.45, 2.75) is 6.92 Å². The van der Waals surface area contributed by atoms with E-state index in [0.29, 0.717) is 11.3 Å². The van der Waals surface area contributed by atoms with Gasteiger partial charge in [0, 0.05) is 17.3 Å². The summed E-state index contributed by atoms with van der Waals surface area (Å²) in [6.45, 7) is 1.67. The fourth-order valence-corrected chi connectivity index (χ4v) is 2.13. The Balaban J connectivity index is 2.39. The molecule has 1 aromatic carbocycles. The van der Waals surface area contributed by atoms with Crippen LogP contribution in [0.5, 0.6) is 0 Å². The molecule has 0 amide bonds. The number of nitrogens with zero attached hydrogens (tertiary/aromatic N) is 2. The molecule has 0 saturated carbocycles. The predicted molar refractivity (Wildman–Crippen MR) is 72.9 cm³/mol. The number of H-pyrrole nitrogens is 1. The van der Waals surface area contributed by atoms with Crippen LogP contribution in [0.3, 0.4) is 0 Å². The number of aromatic nitrogens is 3. The van der Waals surface area contributed by atoms with Crippen LogP contribution >= 0.6 is 0 Å². The zero-order chi connectivity index (χ0) is 14.3. The molecular formula is C14H11N3O3. The number of aromatic carboxylic acids is 1. The highest BCUT2D eigenvalue weighted by Gasteiger charge is 2.17. The minimum atomic E-state index is -1.13. The summed E-state index contributed by atoms with van der Waals surface area (Å²) >= 11 is 0. The Morgan fingerprint density at radius 3 is 2.65 bits per heavy atom. The molecule has 0 unspecified atom stereocenters. The number of benzene rings is 1. The van der Waals surface area contributed by atoms with Gasteiger partial charge in [-0.2, -0.15) is 0 Å². The van der Waals surface area contributed by atoms with E-state index >= 15 is 0 Å². The lowest BCUT2D eigenvalue weighted by atomic mass is 10.1. The Labute approximate surface area is 113 Å². The summed E-state index contributed by atoms with van der Waals surface area (Å²) in [6, 6.07) is 9.21. The van der Waals surface area contributed by atoms with Crippen LogP contribution in [0, 0.1) is 6.92 Å². The standard InChI is InChI=1S/C14H11N3O3/c1-8-11(9-5-3-2-4-6-9)16-12-10(14(19)20)7-15-17(12)13(8)18/h2-7,15H,1H3,(H,19,20). The van der Waals surface area contributed by atoms with E-state index in [4.69, 9.17) is 5.11 Å². The van der Waals surface area contributed by atoms with Crippen molar-refractivity contribution in [2.24, 2.45) is 0 Å². The second-order valence-electron chi connectivity index (χ2n) is 4.41. The first-order valence-electron chi connectivity index (χ1n) is 5.99. The number of aromatic amines is 1. The second kappa shape index (κ2) is 4.34.